The van der Waals surface area contributed by atoms with Crippen molar-refractivity contribution < 1.29 is 4.74 Å². The molecule has 0 aliphatic carbocycles. The van der Waals surface area contributed by atoms with Crippen LogP contribution < -0.4 is 5.32 Å². The van der Waals surface area contributed by atoms with E-state index < -0.39 is 0 Å². The molecule has 2 saturated heterocycles. The van der Waals surface area contributed by atoms with Gasteiger partial charge in [-0.2, -0.15) is 0 Å². The molecule has 2 fully saturated rings. The number of piperazine rings is 1. The van der Waals surface area contributed by atoms with E-state index in [1.807, 2.05) is 0 Å². The number of hydrogen-bond donors (Lipinski definition) is 1. The predicted octanol–water partition coefficient (Wildman–Crippen LogP) is 2.26. The molecule has 3 nitrogen and oxygen atoms in total. The van der Waals surface area contributed by atoms with E-state index in [9.17, 15) is 0 Å². The van der Waals surface area contributed by atoms with Crippen LogP contribution in [0.3, 0.4) is 0 Å². The van der Waals surface area contributed by atoms with Crippen LogP contribution in [0.2, 0.25) is 0 Å². The summed E-state index contributed by atoms with van der Waals surface area (Å²) >= 11 is 0. The Labute approximate surface area is 112 Å². The van der Waals surface area contributed by atoms with Gasteiger partial charge in [-0.15, -0.1) is 0 Å². The zero-order chi connectivity index (χ0) is 13.0. The molecule has 2 aliphatic rings. The molecule has 2 rings (SSSR count). The quantitative estimate of drug-likeness (QED) is 0.814. The molecule has 2 heterocycles. The van der Waals surface area contributed by atoms with Crippen LogP contribution in [-0.4, -0.2) is 49.3 Å². The van der Waals surface area contributed by atoms with Gasteiger partial charge in [-0.1, -0.05) is 27.2 Å². The number of nitrogens with one attached hydrogen (secondary N) is 1. The summed E-state index contributed by atoms with van der Waals surface area (Å²) in [6.07, 6.45) is 5.57. The minimum Gasteiger partial charge on any atom is -0.377 e. The highest BCUT2D eigenvalue weighted by molar-refractivity contribution is 4.89. The summed E-state index contributed by atoms with van der Waals surface area (Å²) in [6.45, 7) is 11.4. The van der Waals surface area contributed by atoms with Crippen LogP contribution in [0.25, 0.3) is 0 Å². The number of ether oxygens (including phenoxy) is 1. The molecule has 0 aromatic rings. The third-order valence-electron chi connectivity index (χ3n) is 4.41. The highest BCUT2D eigenvalue weighted by Gasteiger charge is 2.31. The molecule has 0 bridgehead atoms. The van der Waals surface area contributed by atoms with E-state index in [1.54, 1.807) is 0 Å². The third kappa shape index (κ3) is 3.69. The molecule has 0 spiro atoms. The van der Waals surface area contributed by atoms with E-state index in [4.69, 9.17) is 4.74 Å². The van der Waals surface area contributed by atoms with Crippen molar-refractivity contribution in [3.05, 3.63) is 0 Å². The fourth-order valence-electron chi connectivity index (χ4n) is 3.36. The van der Waals surface area contributed by atoms with Crippen LogP contribution in [0.4, 0.5) is 0 Å². The summed E-state index contributed by atoms with van der Waals surface area (Å²) < 4.78 is 5.82. The van der Waals surface area contributed by atoms with Crippen LogP contribution in [0, 0.1) is 5.92 Å². The number of hydrogen-bond acceptors (Lipinski definition) is 3. The Bertz CT molecular complexity index is 239. The molecule has 0 radical (unpaired) electrons. The molecule has 0 aromatic heterocycles. The van der Waals surface area contributed by atoms with Crippen molar-refractivity contribution in [3.63, 3.8) is 0 Å². The fourth-order valence-corrected chi connectivity index (χ4v) is 3.36. The summed E-state index contributed by atoms with van der Waals surface area (Å²) in [5, 5.41) is 3.72. The second-order valence-electron chi connectivity index (χ2n) is 6.29. The van der Waals surface area contributed by atoms with Gasteiger partial charge >= 0.3 is 0 Å². The second kappa shape index (κ2) is 6.88. The zero-order valence-corrected chi connectivity index (χ0v) is 12.3. The van der Waals surface area contributed by atoms with E-state index >= 15 is 0 Å². The Morgan fingerprint density at radius 2 is 2.22 bits per heavy atom. The van der Waals surface area contributed by atoms with E-state index in [-0.39, 0.29) is 0 Å². The Kier molecular flexibility index (Phi) is 5.46. The van der Waals surface area contributed by atoms with Crippen molar-refractivity contribution in [2.75, 3.05) is 26.2 Å². The molecule has 18 heavy (non-hydrogen) atoms. The van der Waals surface area contributed by atoms with Gasteiger partial charge in [0.25, 0.3) is 0 Å². The molecule has 3 unspecified atom stereocenters. The predicted molar refractivity (Wildman–Crippen MR) is 75.9 cm³/mol. The average molecular weight is 254 g/mol. The highest BCUT2D eigenvalue weighted by atomic mass is 16.5. The van der Waals surface area contributed by atoms with Crippen molar-refractivity contribution in [1.82, 2.24) is 10.2 Å². The smallest absolute Gasteiger partial charge is 0.0702 e. The van der Waals surface area contributed by atoms with Gasteiger partial charge in [0.1, 0.15) is 0 Å². The second-order valence-corrected chi connectivity index (χ2v) is 6.29. The lowest BCUT2D eigenvalue weighted by Crippen LogP contribution is -2.59. The van der Waals surface area contributed by atoms with Gasteiger partial charge in [-0.25, -0.2) is 0 Å². The minimum absolute atomic E-state index is 0.492. The maximum atomic E-state index is 5.82. The first kappa shape index (κ1) is 14.3. The van der Waals surface area contributed by atoms with E-state index in [2.05, 4.69) is 31.0 Å². The van der Waals surface area contributed by atoms with E-state index in [1.165, 1.54) is 32.2 Å². The number of rotatable bonds is 5. The Hall–Kier alpha value is -0.120. The van der Waals surface area contributed by atoms with Gasteiger partial charge in [0.2, 0.25) is 0 Å². The first-order valence-corrected chi connectivity index (χ1v) is 7.79. The van der Waals surface area contributed by atoms with Crippen molar-refractivity contribution >= 4 is 0 Å². The van der Waals surface area contributed by atoms with Gasteiger partial charge < -0.3 is 10.1 Å². The SMILES string of the molecule is CCCC1CN(CC2CCCO2)C(C(C)C)CN1. The number of nitrogens with zero attached hydrogens (tertiary/aromatic N) is 1. The van der Waals surface area contributed by atoms with Gasteiger partial charge in [0.05, 0.1) is 6.10 Å². The van der Waals surface area contributed by atoms with Crippen LogP contribution in [0.15, 0.2) is 0 Å². The summed E-state index contributed by atoms with van der Waals surface area (Å²) in [6, 6.07) is 1.37. The normalized spacial score (nSPS) is 34.3. The zero-order valence-electron chi connectivity index (χ0n) is 12.3. The first-order valence-electron chi connectivity index (χ1n) is 7.79. The molecule has 0 aromatic carbocycles. The lowest BCUT2D eigenvalue weighted by molar-refractivity contribution is 0.0261. The van der Waals surface area contributed by atoms with Crippen molar-refractivity contribution in [2.45, 2.75) is 64.6 Å². The lowest BCUT2D eigenvalue weighted by Gasteiger charge is -2.43. The summed E-state index contributed by atoms with van der Waals surface area (Å²) in [5.41, 5.74) is 0. The molecule has 106 valence electrons. The lowest BCUT2D eigenvalue weighted by atomic mass is 9.96. The molecule has 3 atom stereocenters. The maximum Gasteiger partial charge on any atom is 0.0702 e. The molecular weight excluding hydrogens is 224 g/mol. The summed E-state index contributed by atoms with van der Waals surface area (Å²) in [7, 11) is 0. The standard InChI is InChI=1S/C15H30N2O/c1-4-6-13-10-17(11-14-7-5-8-18-14)15(9-16-13)12(2)3/h12-16H,4-11H2,1-3H3. The van der Waals surface area contributed by atoms with E-state index in [0.29, 0.717) is 18.2 Å². The summed E-state index contributed by atoms with van der Waals surface area (Å²) in [4.78, 5) is 2.69. The van der Waals surface area contributed by atoms with Crippen LogP contribution in [0.5, 0.6) is 0 Å². The monoisotopic (exact) mass is 254 g/mol. The fraction of sp³-hybridized carbons (Fsp3) is 1.00. The molecule has 3 heteroatoms. The largest absolute Gasteiger partial charge is 0.377 e. The molecule has 2 aliphatic heterocycles. The average Bonchev–Trinajstić information content (AvgIpc) is 2.82. The molecule has 0 saturated carbocycles. The first-order chi connectivity index (χ1) is 8.70. The molecular formula is C15H30N2O. The van der Waals surface area contributed by atoms with E-state index in [0.717, 1.165) is 25.6 Å². The Morgan fingerprint density at radius 3 is 2.83 bits per heavy atom. The van der Waals surface area contributed by atoms with Crippen molar-refractivity contribution in [2.24, 2.45) is 5.92 Å². The Morgan fingerprint density at radius 1 is 1.39 bits per heavy atom. The van der Waals surface area contributed by atoms with Crippen molar-refractivity contribution in [3.8, 4) is 0 Å². The van der Waals surface area contributed by atoms with Crippen LogP contribution >= 0.6 is 0 Å². The molecule has 1 N–H and O–H groups in total. The maximum absolute atomic E-state index is 5.82. The Balaban J connectivity index is 1.90. The van der Waals surface area contributed by atoms with Gasteiger partial charge in [0, 0.05) is 38.3 Å². The van der Waals surface area contributed by atoms with Gasteiger partial charge in [-0.05, 0) is 25.2 Å². The van der Waals surface area contributed by atoms with Gasteiger partial charge in [0.15, 0.2) is 0 Å². The van der Waals surface area contributed by atoms with Gasteiger partial charge in [-0.3, -0.25) is 4.90 Å². The van der Waals surface area contributed by atoms with Crippen LogP contribution in [-0.2, 0) is 4.74 Å². The highest BCUT2D eigenvalue weighted by Crippen LogP contribution is 2.21. The van der Waals surface area contributed by atoms with Crippen molar-refractivity contribution in [1.29, 1.82) is 0 Å². The minimum atomic E-state index is 0.492. The summed E-state index contributed by atoms with van der Waals surface area (Å²) in [5.74, 6) is 0.724. The van der Waals surface area contributed by atoms with Crippen LogP contribution in [0.1, 0.15) is 46.5 Å². The third-order valence-corrected chi connectivity index (χ3v) is 4.41. The molecule has 0 amide bonds. The topological polar surface area (TPSA) is 24.5 Å².